The molecular formula is C16H18N2O8. The molecule has 3 rings (SSSR count). The minimum Gasteiger partial charge on any atom is -0.464 e. The van der Waals surface area contributed by atoms with E-state index < -0.39 is 29.1 Å². The molecule has 2 heterocycles. The number of esters is 1. The van der Waals surface area contributed by atoms with Crippen molar-refractivity contribution < 1.29 is 33.5 Å². The van der Waals surface area contributed by atoms with Crippen LogP contribution in [0.4, 0.5) is 5.69 Å². The number of hydrogen-bond acceptors (Lipinski definition) is 8. The molecule has 0 aliphatic carbocycles. The molecule has 0 spiro atoms. The van der Waals surface area contributed by atoms with Crippen molar-refractivity contribution in [3.8, 4) is 11.5 Å². The maximum atomic E-state index is 13.1. The Morgan fingerprint density at radius 2 is 2.00 bits per heavy atom. The highest BCUT2D eigenvalue weighted by atomic mass is 16.7. The van der Waals surface area contributed by atoms with Crippen LogP contribution in [-0.4, -0.2) is 54.5 Å². The molecule has 0 radical (unpaired) electrons. The summed E-state index contributed by atoms with van der Waals surface area (Å²) in [6, 6.07) is 2.05. The molecule has 140 valence electrons. The van der Waals surface area contributed by atoms with Crippen molar-refractivity contribution in [1.82, 2.24) is 4.90 Å². The molecule has 2 aliphatic rings. The quantitative estimate of drug-likeness (QED) is 0.437. The first kappa shape index (κ1) is 17.9. The predicted octanol–water partition coefficient (Wildman–Crippen LogP) is 1.46. The topological polar surface area (TPSA) is 117 Å². The van der Waals surface area contributed by atoms with E-state index in [4.69, 9.17) is 18.9 Å². The molecule has 0 bridgehead atoms. The summed E-state index contributed by atoms with van der Waals surface area (Å²) in [5, 5.41) is 11.4. The van der Waals surface area contributed by atoms with Crippen LogP contribution in [0.15, 0.2) is 12.1 Å². The van der Waals surface area contributed by atoms with Crippen LogP contribution < -0.4 is 9.47 Å². The first-order valence-corrected chi connectivity index (χ1v) is 7.99. The maximum Gasteiger partial charge on any atom is 0.302 e. The monoisotopic (exact) mass is 366 g/mol. The summed E-state index contributed by atoms with van der Waals surface area (Å²) in [7, 11) is 1.45. The second kappa shape index (κ2) is 7.16. The smallest absolute Gasteiger partial charge is 0.302 e. The van der Waals surface area contributed by atoms with E-state index in [1.807, 2.05) is 0 Å². The first-order chi connectivity index (χ1) is 12.4. The second-order valence-electron chi connectivity index (χ2n) is 5.92. The highest BCUT2D eigenvalue weighted by molar-refractivity contribution is 5.99. The fourth-order valence-electron chi connectivity index (χ4n) is 3.15. The van der Waals surface area contributed by atoms with Crippen LogP contribution in [0.25, 0.3) is 0 Å². The third-order valence-corrected chi connectivity index (χ3v) is 4.35. The van der Waals surface area contributed by atoms with Gasteiger partial charge in [-0.05, 0) is 12.8 Å². The molecule has 0 saturated carbocycles. The van der Waals surface area contributed by atoms with Gasteiger partial charge in [0.15, 0.2) is 11.5 Å². The zero-order valence-electron chi connectivity index (χ0n) is 14.3. The van der Waals surface area contributed by atoms with Gasteiger partial charge < -0.3 is 23.8 Å². The lowest BCUT2D eigenvalue weighted by atomic mass is 10.1. The summed E-state index contributed by atoms with van der Waals surface area (Å²) < 4.78 is 20.7. The van der Waals surface area contributed by atoms with Gasteiger partial charge in [-0.15, -0.1) is 0 Å². The van der Waals surface area contributed by atoms with E-state index >= 15 is 0 Å². The summed E-state index contributed by atoms with van der Waals surface area (Å²) >= 11 is 0. The number of methoxy groups -OCH3 is 1. The van der Waals surface area contributed by atoms with Crippen LogP contribution in [0.1, 0.15) is 30.1 Å². The average molecular weight is 366 g/mol. The van der Waals surface area contributed by atoms with Gasteiger partial charge in [-0.2, -0.15) is 0 Å². The molecule has 26 heavy (non-hydrogen) atoms. The molecule has 10 nitrogen and oxygen atoms in total. The number of amides is 1. The molecule has 1 aromatic carbocycles. The fraction of sp³-hybridized carbons (Fsp3) is 0.500. The third-order valence-electron chi connectivity index (χ3n) is 4.35. The summed E-state index contributed by atoms with van der Waals surface area (Å²) in [5.74, 6) is -0.568. The highest BCUT2D eigenvalue weighted by Gasteiger charge is 2.41. The van der Waals surface area contributed by atoms with E-state index in [0.29, 0.717) is 12.8 Å². The molecule has 2 aliphatic heterocycles. The van der Waals surface area contributed by atoms with Gasteiger partial charge in [0.25, 0.3) is 11.6 Å². The lowest BCUT2D eigenvalue weighted by molar-refractivity contribution is -0.385. The number of carbonyl (C=O) groups excluding carboxylic acids is 2. The first-order valence-electron chi connectivity index (χ1n) is 7.99. The van der Waals surface area contributed by atoms with Gasteiger partial charge in [-0.3, -0.25) is 19.7 Å². The van der Waals surface area contributed by atoms with Crippen LogP contribution in [0.2, 0.25) is 0 Å². The molecule has 0 aromatic heterocycles. The van der Waals surface area contributed by atoms with E-state index in [9.17, 15) is 19.7 Å². The number of fused-ring (bicyclic) bond motifs is 1. The number of benzene rings is 1. The van der Waals surface area contributed by atoms with Crippen LogP contribution >= 0.6 is 0 Å². The Balaban J connectivity index is 1.95. The van der Waals surface area contributed by atoms with Crippen LogP contribution in [-0.2, 0) is 14.3 Å². The summed E-state index contributed by atoms with van der Waals surface area (Å²) in [4.78, 5) is 36.4. The Morgan fingerprint density at radius 1 is 1.31 bits per heavy atom. The number of ether oxygens (including phenoxy) is 4. The molecular weight excluding hydrogens is 348 g/mol. The normalized spacial score (nSPS) is 20.9. The van der Waals surface area contributed by atoms with Crippen molar-refractivity contribution >= 4 is 17.6 Å². The average Bonchev–Trinajstić information content (AvgIpc) is 3.23. The van der Waals surface area contributed by atoms with Gasteiger partial charge in [0.1, 0.15) is 18.4 Å². The number of nitrogens with zero attached hydrogens (tertiary/aromatic N) is 2. The third kappa shape index (κ3) is 3.27. The van der Waals surface area contributed by atoms with Gasteiger partial charge in [0.05, 0.1) is 17.0 Å². The number of hydrogen-bond donors (Lipinski definition) is 0. The fourth-order valence-corrected chi connectivity index (χ4v) is 3.15. The van der Waals surface area contributed by atoms with Crippen molar-refractivity contribution in [2.24, 2.45) is 0 Å². The predicted molar refractivity (Wildman–Crippen MR) is 85.8 cm³/mol. The van der Waals surface area contributed by atoms with Crippen LogP contribution in [0.5, 0.6) is 11.5 Å². The minimum absolute atomic E-state index is 0.000712. The lowest BCUT2D eigenvalue weighted by Gasteiger charge is -2.29. The van der Waals surface area contributed by atoms with Crippen molar-refractivity contribution in [3.63, 3.8) is 0 Å². The molecule has 0 N–H and O–H groups in total. The zero-order valence-corrected chi connectivity index (χ0v) is 14.3. The van der Waals surface area contributed by atoms with E-state index in [0.717, 1.165) is 0 Å². The Labute approximate surface area is 148 Å². The number of nitro groups is 1. The summed E-state index contributed by atoms with van der Waals surface area (Å²) in [5.41, 5.74) is -0.511. The Hall–Kier alpha value is -2.88. The summed E-state index contributed by atoms with van der Waals surface area (Å²) in [6.45, 7) is 1.21. The molecule has 1 aromatic rings. The standard InChI is InChI=1S/C16H18N2O8/c1-9(19)24-7-10-3-4-15(23-2)17(10)16(20)11-5-13-14(26-8-25-13)6-12(11)18(21)22/h5-6,10,15H,3-4,7-8H2,1-2H3/t10-,15?/m0/s1. The SMILES string of the molecule is COC1CC[C@@H](COC(C)=O)N1C(=O)c1cc2c(cc1[N+](=O)[O-])OCO2. The molecule has 1 unspecified atom stereocenters. The van der Waals surface area contributed by atoms with Gasteiger partial charge >= 0.3 is 5.97 Å². The molecule has 1 fully saturated rings. The minimum atomic E-state index is -0.645. The molecule has 10 heteroatoms. The second-order valence-corrected chi connectivity index (χ2v) is 5.92. The number of nitro benzene ring substituents is 1. The van der Waals surface area contributed by atoms with E-state index in [1.54, 1.807) is 0 Å². The van der Waals surface area contributed by atoms with Crippen molar-refractivity contribution in [2.75, 3.05) is 20.5 Å². The van der Waals surface area contributed by atoms with Crippen LogP contribution in [0, 0.1) is 10.1 Å². The van der Waals surface area contributed by atoms with Crippen molar-refractivity contribution in [1.29, 1.82) is 0 Å². The van der Waals surface area contributed by atoms with E-state index in [1.165, 1.54) is 31.1 Å². The van der Waals surface area contributed by atoms with Crippen molar-refractivity contribution in [3.05, 3.63) is 27.8 Å². The number of carbonyl (C=O) groups is 2. The highest BCUT2D eigenvalue weighted by Crippen LogP contribution is 2.39. The van der Waals surface area contributed by atoms with Gasteiger partial charge in [0.2, 0.25) is 6.79 Å². The van der Waals surface area contributed by atoms with Gasteiger partial charge in [-0.1, -0.05) is 0 Å². The Bertz CT molecular complexity index is 750. The van der Waals surface area contributed by atoms with E-state index in [2.05, 4.69) is 0 Å². The Kier molecular flexibility index (Phi) is 4.94. The maximum absolute atomic E-state index is 13.1. The molecule has 1 saturated heterocycles. The largest absolute Gasteiger partial charge is 0.464 e. The Morgan fingerprint density at radius 3 is 2.62 bits per heavy atom. The molecule has 1 amide bonds. The van der Waals surface area contributed by atoms with Crippen molar-refractivity contribution in [2.45, 2.75) is 32.0 Å². The molecule has 2 atom stereocenters. The van der Waals surface area contributed by atoms with Gasteiger partial charge in [0, 0.05) is 20.1 Å². The van der Waals surface area contributed by atoms with E-state index in [-0.39, 0.29) is 36.1 Å². The number of rotatable bonds is 5. The lowest BCUT2D eigenvalue weighted by Crippen LogP contribution is -2.44. The zero-order chi connectivity index (χ0) is 18.8. The van der Waals surface area contributed by atoms with Crippen LogP contribution in [0.3, 0.4) is 0 Å². The summed E-state index contributed by atoms with van der Waals surface area (Å²) in [6.07, 6.45) is 0.524. The number of likely N-dealkylation sites (tertiary alicyclic amines) is 1. The van der Waals surface area contributed by atoms with Gasteiger partial charge in [-0.25, -0.2) is 0 Å².